The van der Waals surface area contributed by atoms with Gasteiger partial charge in [-0.25, -0.2) is 4.39 Å². The fourth-order valence-electron chi connectivity index (χ4n) is 1.94. The van der Waals surface area contributed by atoms with Gasteiger partial charge in [-0.1, -0.05) is 22.0 Å². The summed E-state index contributed by atoms with van der Waals surface area (Å²) in [5.41, 5.74) is -0.383. The van der Waals surface area contributed by atoms with E-state index in [4.69, 9.17) is 0 Å². The van der Waals surface area contributed by atoms with Crippen LogP contribution in [0.5, 0.6) is 0 Å². The number of piperazine rings is 1. The molecule has 4 nitrogen and oxygen atoms in total. The normalized spacial score (nSPS) is 19.4. The van der Waals surface area contributed by atoms with Gasteiger partial charge in [0.1, 0.15) is 5.82 Å². The van der Waals surface area contributed by atoms with Crippen LogP contribution in [0.15, 0.2) is 22.7 Å². The van der Waals surface area contributed by atoms with Crippen molar-refractivity contribution in [2.75, 3.05) is 6.54 Å². The van der Waals surface area contributed by atoms with E-state index in [0.29, 0.717) is 10.0 Å². The highest BCUT2D eigenvalue weighted by molar-refractivity contribution is 9.10. The van der Waals surface area contributed by atoms with E-state index in [2.05, 4.69) is 21.2 Å². The SMILES string of the molecule is CC1(C)C(=O)NC(=O)CN1Cc1ccc(Br)cc1F. The van der Waals surface area contributed by atoms with Crippen LogP contribution in [0.3, 0.4) is 0 Å². The fourth-order valence-corrected chi connectivity index (χ4v) is 2.28. The number of hydrogen-bond donors (Lipinski definition) is 1. The second kappa shape index (κ2) is 5.02. The maximum atomic E-state index is 13.8. The van der Waals surface area contributed by atoms with Crippen LogP contribution in [0.25, 0.3) is 0 Å². The van der Waals surface area contributed by atoms with Crippen molar-refractivity contribution >= 4 is 27.7 Å². The Morgan fingerprint density at radius 2 is 2.11 bits per heavy atom. The monoisotopic (exact) mass is 328 g/mol. The molecule has 1 aromatic rings. The maximum absolute atomic E-state index is 13.8. The average molecular weight is 329 g/mol. The minimum absolute atomic E-state index is 0.0776. The van der Waals surface area contributed by atoms with Crippen LogP contribution in [0.2, 0.25) is 0 Å². The lowest BCUT2D eigenvalue weighted by atomic mass is 9.97. The maximum Gasteiger partial charge on any atom is 0.246 e. The molecule has 0 atom stereocenters. The van der Waals surface area contributed by atoms with Crippen LogP contribution in [-0.2, 0) is 16.1 Å². The van der Waals surface area contributed by atoms with Gasteiger partial charge in [0.2, 0.25) is 11.8 Å². The Balaban J connectivity index is 2.25. The van der Waals surface area contributed by atoms with Gasteiger partial charge in [-0.05, 0) is 26.0 Å². The molecule has 1 aliphatic heterocycles. The summed E-state index contributed by atoms with van der Waals surface area (Å²) in [5, 5.41) is 2.29. The first-order valence-corrected chi connectivity index (χ1v) is 6.63. The summed E-state index contributed by atoms with van der Waals surface area (Å²) in [7, 11) is 0. The molecule has 1 aromatic carbocycles. The van der Waals surface area contributed by atoms with Crippen molar-refractivity contribution < 1.29 is 14.0 Å². The van der Waals surface area contributed by atoms with Crippen molar-refractivity contribution in [2.24, 2.45) is 0 Å². The molecule has 2 rings (SSSR count). The number of carbonyl (C=O) groups is 2. The van der Waals surface area contributed by atoms with Crippen molar-refractivity contribution in [3.05, 3.63) is 34.1 Å². The van der Waals surface area contributed by atoms with E-state index < -0.39 is 5.54 Å². The third-order valence-electron chi connectivity index (χ3n) is 3.31. The van der Waals surface area contributed by atoms with Gasteiger partial charge in [-0.3, -0.25) is 19.8 Å². The summed E-state index contributed by atoms with van der Waals surface area (Å²) in [6.07, 6.45) is 0. The highest BCUT2D eigenvalue weighted by Crippen LogP contribution is 2.23. The largest absolute Gasteiger partial charge is 0.294 e. The van der Waals surface area contributed by atoms with Gasteiger partial charge in [0, 0.05) is 16.6 Å². The third-order valence-corrected chi connectivity index (χ3v) is 3.80. The van der Waals surface area contributed by atoms with Crippen LogP contribution in [-0.4, -0.2) is 28.8 Å². The number of amides is 2. The number of benzene rings is 1. The molecule has 1 N–H and O–H groups in total. The minimum Gasteiger partial charge on any atom is -0.294 e. The summed E-state index contributed by atoms with van der Waals surface area (Å²) in [5.74, 6) is -1.08. The van der Waals surface area contributed by atoms with Crippen LogP contribution in [0.4, 0.5) is 4.39 Å². The lowest BCUT2D eigenvalue weighted by Crippen LogP contribution is -2.63. The zero-order valence-corrected chi connectivity index (χ0v) is 12.3. The van der Waals surface area contributed by atoms with Crippen LogP contribution < -0.4 is 5.32 Å². The predicted octanol–water partition coefficient (Wildman–Crippen LogP) is 1.83. The van der Waals surface area contributed by atoms with Gasteiger partial charge in [0.05, 0.1) is 12.1 Å². The van der Waals surface area contributed by atoms with Gasteiger partial charge in [0.25, 0.3) is 0 Å². The lowest BCUT2D eigenvalue weighted by Gasteiger charge is -2.40. The first-order valence-electron chi connectivity index (χ1n) is 5.84. The standard InChI is InChI=1S/C13H14BrFN2O2/c1-13(2)12(19)16-11(18)7-17(13)6-8-3-4-9(14)5-10(8)15/h3-5H,6-7H2,1-2H3,(H,16,18,19). The van der Waals surface area contributed by atoms with Gasteiger partial charge in [0.15, 0.2) is 0 Å². The van der Waals surface area contributed by atoms with E-state index in [0.717, 1.165) is 0 Å². The Morgan fingerprint density at radius 3 is 2.74 bits per heavy atom. The number of imide groups is 1. The molecule has 0 saturated carbocycles. The molecular weight excluding hydrogens is 315 g/mol. The van der Waals surface area contributed by atoms with E-state index in [1.165, 1.54) is 6.07 Å². The number of hydrogen-bond acceptors (Lipinski definition) is 3. The molecule has 0 aromatic heterocycles. The molecule has 0 radical (unpaired) electrons. The zero-order valence-electron chi connectivity index (χ0n) is 10.7. The van der Waals surface area contributed by atoms with Gasteiger partial charge in [-0.15, -0.1) is 0 Å². The summed E-state index contributed by atoms with van der Waals surface area (Å²) in [4.78, 5) is 24.9. The van der Waals surface area contributed by atoms with E-state index in [1.807, 2.05) is 0 Å². The molecule has 1 aliphatic rings. The van der Waals surface area contributed by atoms with E-state index in [9.17, 15) is 14.0 Å². The van der Waals surface area contributed by atoms with Crippen molar-refractivity contribution in [2.45, 2.75) is 25.9 Å². The van der Waals surface area contributed by atoms with E-state index in [1.54, 1.807) is 30.9 Å². The predicted molar refractivity (Wildman–Crippen MR) is 71.7 cm³/mol. The lowest BCUT2D eigenvalue weighted by molar-refractivity contribution is -0.145. The first kappa shape index (κ1) is 14.1. The number of rotatable bonds is 2. The molecule has 2 amide bonds. The van der Waals surface area contributed by atoms with E-state index >= 15 is 0 Å². The van der Waals surface area contributed by atoms with Crippen molar-refractivity contribution in [1.29, 1.82) is 0 Å². The Bertz CT molecular complexity index is 545. The Morgan fingerprint density at radius 1 is 1.42 bits per heavy atom. The summed E-state index contributed by atoms with van der Waals surface area (Å²) >= 11 is 3.19. The molecule has 0 spiro atoms. The summed E-state index contributed by atoms with van der Waals surface area (Å²) < 4.78 is 14.5. The zero-order chi connectivity index (χ0) is 14.2. The number of carbonyl (C=O) groups excluding carboxylic acids is 2. The molecule has 1 heterocycles. The van der Waals surface area contributed by atoms with Crippen molar-refractivity contribution in [3.8, 4) is 0 Å². The topological polar surface area (TPSA) is 49.4 Å². The third kappa shape index (κ3) is 2.84. The number of halogens is 2. The average Bonchev–Trinajstić information content (AvgIpc) is 2.29. The van der Waals surface area contributed by atoms with Crippen LogP contribution in [0, 0.1) is 5.82 Å². The van der Waals surface area contributed by atoms with Crippen LogP contribution in [0.1, 0.15) is 19.4 Å². The molecule has 102 valence electrons. The highest BCUT2D eigenvalue weighted by atomic mass is 79.9. The molecule has 1 saturated heterocycles. The number of nitrogens with one attached hydrogen (secondary N) is 1. The molecular formula is C13H14BrFN2O2. The minimum atomic E-state index is -0.840. The summed E-state index contributed by atoms with van der Waals surface area (Å²) in [6, 6.07) is 4.75. The Hall–Kier alpha value is -1.27. The second-order valence-electron chi connectivity index (χ2n) is 5.03. The molecule has 0 bridgehead atoms. The molecule has 19 heavy (non-hydrogen) atoms. The molecule has 0 unspecified atom stereocenters. The van der Waals surface area contributed by atoms with Gasteiger partial charge >= 0.3 is 0 Å². The Kier molecular flexibility index (Phi) is 3.73. The quantitative estimate of drug-likeness (QED) is 0.842. The van der Waals surface area contributed by atoms with Crippen molar-refractivity contribution in [3.63, 3.8) is 0 Å². The molecule has 6 heteroatoms. The van der Waals surface area contributed by atoms with Gasteiger partial charge in [-0.2, -0.15) is 0 Å². The van der Waals surface area contributed by atoms with E-state index in [-0.39, 0.29) is 30.7 Å². The summed E-state index contributed by atoms with van der Waals surface area (Å²) in [6.45, 7) is 3.72. The number of nitrogens with zero attached hydrogens (tertiary/aromatic N) is 1. The molecule has 1 fully saturated rings. The highest BCUT2D eigenvalue weighted by Gasteiger charge is 2.40. The van der Waals surface area contributed by atoms with Gasteiger partial charge < -0.3 is 0 Å². The fraction of sp³-hybridized carbons (Fsp3) is 0.385. The van der Waals surface area contributed by atoms with Crippen LogP contribution >= 0.6 is 15.9 Å². The Labute approximate surface area is 119 Å². The smallest absolute Gasteiger partial charge is 0.246 e. The molecule has 0 aliphatic carbocycles. The first-order chi connectivity index (χ1) is 8.80. The van der Waals surface area contributed by atoms with Crippen molar-refractivity contribution in [1.82, 2.24) is 10.2 Å². The second-order valence-corrected chi connectivity index (χ2v) is 5.94.